The van der Waals surface area contributed by atoms with E-state index in [-0.39, 0.29) is 12.5 Å². The van der Waals surface area contributed by atoms with Crippen molar-refractivity contribution in [3.05, 3.63) is 35.9 Å². The molecule has 2 unspecified atom stereocenters. The van der Waals surface area contributed by atoms with E-state index >= 15 is 0 Å². The Morgan fingerprint density at radius 2 is 1.84 bits per heavy atom. The van der Waals surface area contributed by atoms with E-state index in [9.17, 15) is 22.8 Å². The van der Waals surface area contributed by atoms with Crippen LogP contribution in [0.4, 0.5) is 13.2 Å². The van der Waals surface area contributed by atoms with Gasteiger partial charge in [-0.15, -0.1) is 0 Å². The molecule has 1 aromatic rings. The summed E-state index contributed by atoms with van der Waals surface area (Å²) in [5, 5.41) is 9.12. The molecule has 0 bridgehead atoms. The number of carbonyl (C=O) groups excluding carboxylic acids is 1. The van der Waals surface area contributed by atoms with Crippen LogP contribution in [-0.2, 0) is 16.0 Å². The highest BCUT2D eigenvalue weighted by molar-refractivity contribution is 5.83. The van der Waals surface area contributed by atoms with Gasteiger partial charge in [-0.2, -0.15) is 13.2 Å². The summed E-state index contributed by atoms with van der Waals surface area (Å²) >= 11 is 0. The van der Waals surface area contributed by atoms with Crippen molar-refractivity contribution in [2.45, 2.75) is 32.9 Å². The van der Waals surface area contributed by atoms with Gasteiger partial charge in [-0.3, -0.25) is 9.59 Å². The lowest BCUT2D eigenvalue weighted by atomic mass is 9.86. The standard InChI is InChI=1S/C18H22F3NO3/c1-12(2)14(10-13-6-4-3-5-7-13)15(23)22-9-8-17(11-22,16(24)25)18(19,20)21/h3-7,12,14H,8-11H2,1-2H3,(H,24,25). The van der Waals surface area contributed by atoms with Crippen LogP contribution in [0, 0.1) is 17.3 Å². The van der Waals surface area contributed by atoms with Crippen molar-refractivity contribution >= 4 is 11.9 Å². The highest BCUT2D eigenvalue weighted by Crippen LogP contribution is 2.46. The van der Waals surface area contributed by atoms with Gasteiger partial charge in [-0.25, -0.2) is 0 Å². The van der Waals surface area contributed by atoms with E-state index in [0.29, 0.717) is 6.42 Å². The number of amides is 1. The van der Waals surface area contributed by atoms with Crippen molar-refractivity contribution in [2.75, 3.05) is 13.1 Å². The first-order valence-corrected chi connectivity index (χ1v) is 8.21. The van der Waals surface area contributed by atoms with Crippen molar-refractivity contribution in [1.29, 1.82) is 0 Å². The number of rotatable bonds is 5. The second-order valence-corrected chi connectivity index (χ2v) is 6.94. The molecule has 0 radical (unpaired) electrons. The van der Waals surface area contributed by atoms with Crippen molar-refractivity contribution in [2.24, 2.45) is 17.3 Å². The smallest absolute Gasteiger partial charge is 0.406 e. The van der Waals surface area contributed by atoms with Crippen LogP contribution in [0.2, 0.25) is 0 Å². The zero-order valence-electron chi connectivity index (χ0n) is 14.2. The minimum atomic E-state index is -4.89. The maximum Gasteiger partial charge on any atom is 0.406 e. The molecule has 2 rings (SSSR count). The van der Waals surface area contributed by atoms with E-state index in [4.69, 9.17) is 5.11 Å². The van der Waals surface area contributed by atoms with Crippen LogP contribution in [0.3, 0.4) is 0 Å². The Morgan fingerprint density at radius 3 is 2.28 bits per heavy atom. The third-order valence-corrected chi connectivity index (χ3v) is 4.95. The van der Waals surface area contributed by atoms with Crippen molar-refractivity contribution in [1.82, 2.24) is 4.90 Å². The molecule has 1 saturated heterocycles. The average Bonchev–Trinajstić information content (AvgIpc) is 2.99. The summed E-state index contributed by atoms with van der Waals surface area (Å²) in [4.78, 5) is 25.1. The van der Waals surface area contributed by atoms with Crippen molar-refractivity contribution in [3.63, 3.8) is 0 Å². The summed E-state index contributed by atoms with van der Waals surface area (Å²) < 4.78 is 39.9. The molecule has 0 aliphatic carbocycles. The van der Waals surface area contributed by atoms with Gasteiger partial charge in [0.1, 0.15) is 0 Å². The molecule has 0 saturated carbocycles. The Morgan fingerprint density at radius 1 is 1.24 bits per heavy atom. The second kappa shape index (κ2) is 7.06. The maximum absolute atomic E-state index is 13.3. The third-order valence-electron chi connectivity index (χ3n) is 4.95. The lowest BCUT2D eigenvalue weighted by Crippen LogP contribution is -2.48. The summed E-state index contributed by atoms with van der Waals surface area (Å²) in [7, 11) is 0. The quantitative estimate of drug-likeness (QED) is 0.879. The van der Waals surface area contributed by atoms with Gasteiger partial charge >= 0.3 is 12.1 Å². The average molecular weight is 357 g/mol. The highest BCUT2D eigenvalue weighted by Gasteiger charge is 2.64. The Labute approximate surface area is 144 Å². The molecule has 1 heterocycles. The zero-order valence-corrected chi connectivity index (χ0v) is 14.2. The predicted molar refractivity (Wildman–Crippen MR) is 85.8 cm³/mol. The molecule has 0 aromatic heterocycles. The SMILES string of the molecule is CC(C)C(Cc1ccccc1)C(=O)N1CCC(C(=O)O)(C(F)(F)F)C1. The number of hydrogen-bond acceptors (Lipinski definition) is 2. The molecule has 25 heavy (non-hydrogen) atoms. The summed E-state index contributed by atoms with van der Waals surface area (Å²) in [5.41, 5.74) is -1.94. The number of carboxylic acids is 1. The van der Waals surface area contributed by atoms with Crippen LogP contribution in [0.25, 0.3) is 0 Å². The number of benzene rings is 1. The molecule has 2 atom stereocenters. The minimum Gasteiger partial charge on any atom is -0.481 e. The second-order valence-electron chi connectivity index (χ2n) is 6.94. The van der Waals surface area contributed by atoms with Crippen molar-refractivity contribution < 1.29 is 27.9 Å². The fourth-order valence-corrected chi connectivity index (χ4v) is 3.24. The molecule has 0 spiro atoms. The monoisotopic (exact) mass is 357 g/mol. The lowest BCUT2D eigenvalue weighted by molar-refractivity contribution is -0.227. The molecule has 1 amide bonds. The summed E-state index contributed by atoms with van der Waals surface area (Å²) in [5.74, 6) is -2.88. The molecule has 1 aromatic carbocycles. The number of hydrogen-bond donors (Lipinski definition) is 1. The Hall–Kier alpha value is -2.05. The largest absolute Gasteiger partial charge is 0.481 e. The maximum atomic E-state index is 13.3. The van der Waals surface area contributed by atoms with Gasteiger partial charge in [-0.1, -0.05) is 44.2 Å². The van der Waals surface area contributed by atoms with E-state index in [2.05, 4.69) is 0 Å². The molecule has 1 fully saturated rings. The molecule has 1 aliphatic heterocycles. The number of carboxylic acid groups (broad SMARTS) is 1. The summed E-state index contributed by atoms with van der Waals surface area (Å²) in [6.07, 6.45) is -5.08. The van der Waals surface area contributed by atoms with Gasteiger partial charge < -0.3 is 10.0 Å². The molecule has 1 N–H and O–H groups in total. The first-order valence-electron chi connectivity index (χ1n) is 8.21. The molecular weight excluding hydrogens is 335 g/mol. The summed E-state index contributed by atoms with van der Waals surface area (Å²) in [6, 6.07) is 9.26. The molecular formula is C18H22F3NO3. The topological polar surface area (TPSA) is 57.6 Å². The fraction of sp³-hybridized carbons (Fsp3) is 0.556. The van der Waals surface area contributed by atoms with Gasteiger partial charge in [0, 0.05) is 19.0 Å². The van der Waals surface area contributed by atoms with Crippen molar-refractivity contribution in [3.8, 4) is 0 Å². The molecule has 1 aliphatic rings. The van der Waals surface area contributed by atoms with Crippen LogP contribution >= 0.6 is 0 Å². The van der Waals surface area contributed by atoms with Crippen LogP contribution in [0.15, 0.2) is 30.3 Å². The van der Waals surface area contributed by atoms with Gasteiger partial charge in [0.05, 0.1) is 0 Å². The van der Waals surface area contributed by atoms with Gasteiger partial charge in [0.25, 0.3) is 0 Å². The first kappa shape index (κ1) is 19.3. The van der Waals surface area contributed by atoms with Crippen LogP contribution < -0.4 is 0 Å². The van der Waals surface area contributed by atoms with E-state index < -0.39 is 42.4 Å². The minimum absolute atomic E-state index is 0.0709. The molecule has 4 nitrogen and oxygen atoms in total. The number of likely N-dealkylation sites (tertiary alicyclic amines) is 1. The van der Waals surface area contributed by atoms with Crippen LogP contribution in [-0.4, -0.2) is 41.1 Å². The Bertz CT molecular complexity index is 630. The lowest BCUT2D eigenvalue weighted by Gasteiger charge is -2.29. The van der Waals surface area contributed by atoms with Gasteiger partial charge in [0.15, 0.2) is 5.41 Å². The van der Waals surface area contributed by atoms with E-state index in [1.807, 2.05) is 44.2 Å². The van der Waals surface area contributed by atoms with E-state index in [0.717, 1.165) is 10.5 Å². The van der Waals surface area contributed by atoms with Gasteiger partial charge in [-0.05, 0) is 24.3 Å². The molecule has 138 valence electrons. The van der Waals surface area contributed by atoms with Gasteiger partial charge in [0.2, 0.25) is 5.91 Å². The zero-order chi connectivity index (χ0) is 18.8. The third kappa shape index (κ3) is 3.80. The van der Waals surface area contributed by atoms with E-state index in [1.165, 1.54) is 0 Å². The predicted octanol–water partition coefficient (Wildman–Crippen LogP) is 3.37. The Kier molecular flexibility index (Phi) is 5.44. The number of nitrogens with zero attached hydrogens (tertiary/aromatic N) is 1. The summed E-state index contributed by atoms with van der Waals surface area (Å²) in [6.45, 7) is 2.68. The number of halogens is 3. The normalized spacial score (nSPS) is 22.2. The van der Waals surface area contributed by atoms with Crippen LogP contribution in [0.5, 0.6) is 0 Å². The first-order chi connectivity index (χ1) is 11.6. The highest BCUT2D eigenvalue weighted by atomic mass is 19.4. The van der Waals surface area contributed by atoms with Crippen LogP contribution in [0.1, 0.15) is 25.8 Å². The molecule has 7 heteroatoms. The number of alkyl halides is 3. The number of aliphatic carboxylic acids is 1. The Balaban J connectivity index is 2.19. The number of carbonyl (C=O) groups is 2. The fourth-order valence-electron chi connectivity index (χ4n) is 3.24. The van der Waals surface area contributed by atoms with E-state index in [1.54, 1.807) is 0 Å².